The first-order valence-electron chi connectivity index (χ1n) is 7.22. The van der Waals surface area contributed by atoms with E-state index in [4.69, 9.17) is 23.2 Å². The van der Waals surface area contributed by atoms with Crippen LogP contribution >= 0.6 is 23.2 Å². The standard InChI is InChI=1S/C15H9Cl2F3N6O/c16-7-1-3-9(13-23-25-26-24-13)12(5-7)22-14(27)21-8-2-4-11(17)10(6-8)15(18,19)20/h1-6H,(H2,21,22,27)(H,23,24,25,26). The van der Waals surface area contributed by atoms with Crippen LogP contribution in [0.4, 0.5) is 29.3 Å². The van der Waals surface area contributed by atoms with E-state index in [2.05, 4.69) is 31.3 Å². The van der Waals surface area contributed by atoms with Crippen LogP contribution in [0.5, 0.6) is 0 Å². The van der Waals surface area contributed by atoms with Crippen LogP contribution in [0.25, 0.3) is 11.4 Å². The molecule has 0 unspecified atom stereocenters. The third-order valence-corrected chi connectivity index (χ3v) is 3.92. The lowest BCUT2D eigenvalue weighted by Crippen LogP contribution is -2.20. The second-order valence-electron chi connectivity index (χ2n) is 5.21. The van der Waals surface area contributed by atoms with Crippen molar-refractivity contribution in [3.8, 4) is 11.4 Å². The van der Waals surface area contributed by atoms with E-state index in [9.17, 15) is 18.0 Å². The van der Waals surface area contributed by atoms with E-state index in [1.54, 1.807) is 12.1 Å². The quantitative estimate of drug-likeness (QED) is 0.569. The highest BCUT2D eigenvalue weighted by Gasteiger charge is 2.33. The topological polar surface area (TPSA) is 95.6 Å². The van der Waals surface area contributed by atoms with Gasteiger partial charge in [-0.3, -0.25) is 0 Å². The Kier molecular flexibility index (Phi) is 5.19. The van der Waals surface area contributed by atoms with Crippen molar-refractivity contribution in [1.82, 2.24) is 20.6 Å². The number of nitrogens with zero attached hydrogens (tertiary/aromatic N) is 3. The van der Waals surface area contributed by atoms with Crippen LogP contribution in [-0.4, -0.2) is 26.7 Å². The van der Waals surface area contributed by atoms with Gasteiger partial charge in [-0.05, 0) is 46.8 Å². The van der Waals surface area contributed by atoms with Crippen molar-refractivity contribution in [2.75, 3.05) is 10.6 Å². The number of nitrogens with one attached hydrogen (secondary N) is 3. The molecule has 0 fully saturated rings. The maximum atomic E-state index is 12.9. The summed E-state index contributed by atoms with van der Waals surface area (Å²) < 4.78 is 38.8. The summed E-state index contributed by atoms with van der Waals surface area (Å²) in [5.74, 6) is 0.271. The minimum atomic E-state index is -4.65. The lowest BCUT2D eigenvalue weighted by atomic mass is 10.1. The maximum Gasteiger partial charge on any atom is 0.417 e. The Bertz CT molecular complexity index is 978. The van der Waals surface area contributed by atoms with Crippen LogP contribution in [0.15, 0.2) is 36.4 Å². The molecule has 0 bridgehead atoms. The molecule has 0 saturated heterocycles. The number of rotatable bonds is 3. The lowest BCUT2D eigenvalue weighted by molar-refractivity contribution is -0.137. The van der Waals surface area contributed by atoms with Crippen molar-refractivity contribution in [3.63, 3.8) is 0 Å². The number of hydrogen-bond acceptors (Lipinski definition) is 4. The highest BCUT2D eigenvalue weighted by atomic mass is 35.5. The molecule has 140 valence electrons. The summed E-state index contributed by atoms with van der Waals surface area (Å²) in [7, 11) is 0. The SMILES string of the molecule is O=C(Nc1ccc(Cl)c(C(F)(F)F)c1)Nc1cc(Cl)ccc1-c1nnn[nH]1. The number of aromatic nitrogens is 4. The Morgan fingerprint density at radius 3 is 2.52 bits per heavy atom. The Morgan fingerprint density at radius 2 is 1.85 bits per heavy atom. The van der Waals surface area contributed by atoms with Crippen molar-refractivity contribution in [3.05, 3.63) is 52.0 Å². The van der Waals surface area contributed by atoms with Gasteiger partial charge in [-0.15, -0.1) is 5.10 Å². The van der Waals surface area contributed by atoms with E-state index in [1.807, 2.05) is 0 Å². The van der Waals surface area contributed by atoms with Crippen LogP contribution in [0.2, 0.25) is 10.0 Å². The number of halogens is 5. The molecule has 1 heterocycles. The molecule has 7 nitrogen and oxygen atoms in total. The van der Waals surface area contributed by atoms with Crippen LogP contribution in [0.3, 0.4) is 0 Å². The highest BCUT2D eigenvalue weighted by Crippen LogP contribution is 2.36. The molecule has 3 N–H and O–H groups in total. The summed E-state index contributed by atoms with van der Waals surface area (Å²) in [6.07, 6.45) is -4.65. The summed E-state index contributed by atoms with van der Waals surface area (Å²) in [5, 5.41) is 17.8. The Balaban J connectivity index is 1.82. The number of alkyl halides is 3. The van der Waals surface area contributed by atoms with Gasteiger partial charge in [0.1, 0.15) is 0 Å². The number of anilines is 2. The molecule has 3 rings (SSSR count). The summed E-state index contributed by atoms with van der Waals surface area (Å²) in [6, 6.07) is 6.83. The number of carbonyl (C=O) groups is 1. The molecular weight excluding hydrogens is 408 g/mol. The number of H-pyrrole nitrogens is 1. The molecule has 0 spiro atoms. The summed E-state index contributed by atoms with van der Waals surface area (Å²) in [5.41, 5.74) is -0.456. The van der Waals surface area contributed by atoms with Crippen LogP contribution < -0.4 is 10.6 Å². The summed E-state index contributed by atoms with van der Waals surface area (Å²) in [6.45, 7) is 0. The fraction of sp³-hybridized carbons (Fsp3) is 0.0667. The number of urea groups is 1. The van der Waals surface area contributed by atoms with Gasteiger partial charge in [-0.25, -0.2) is 9.89 Å². The average Bonchev–Trinajstić information content (AvgIpc) is 3.10. The second-order valence-corrected chi connectivity index (χ2v) is 6.05. The van der Waals surface area contributed by atoms with E-state index in [0.29, 0.717) is 10.6 Å². The highest BCUT2D eigenvalue weighted by molar-refractivity contribution is 6.31. The van der Waals surface area contributed by atoms with Crippen LogP contribution in [0, 0.1) is 0 Å². The molecule has 3 aromatic rings. The van der Waals surface area contributed by atoms with Crippen molar-refractivity contribution in [2.45, 2.75) is 6.18 Å². The molecule has 2 aromatic carbocycles. The van der Waals surface area contributed by atoms with E-state index in [-0.39, 0.29) is 17.2 Å². The number of carbonyl (C=O) groups excluding carboxylic acids is 1. The zero-order valence-electron chi connectivity index (χ0n) is 13.1. The molecule has 12 heteroatoms. The number of hydrogen-bond donors (Lipinski definition) is 3. The Labute approximate surface area is 159 Å². The largest absolute Gasteiger partial charge is 0.417 e. The van der Waals surface area contributed by atoms with Crippen molar-refractivity contribution in [1.29, 1.82) is 0 Å². The van der Waals surface area contributed by atoms with Gasteiger partial charge in [-0.1, -0.05) is 23.2 Å². The molecule has 0 atom stereocenters. The Hall–Kier alpha value is -2.85. The first kappa shape index (κ1) is 18.9. The van der Waals surface area contributed by atoms with Crippen LogP contribution in [-0.2, 0) is 6.18 Å². The second kappa shape index (κ2) is 7.41. The molecule has 2 amide bonds. The van der Waals surface area contributed by atoms with Gasteiger partial charge in [0.15, 0.2) is 5.82 Å². The third-order valence-electron chi connectivity index (χ3n) is 3.36. The molecular formula is C15H9Cl2F3N6O. The van der Waals surface area contributed by atoms with Gasteiger partial charge in [0.2, 0.25) is 0 Å². The number of aromatic amines is 1. The maximum absolute atomic E-state index is 12.9. The van der Waals surface area contributed by atoms with Gasteiger partial charge in [0.25, 0.3) is 0 Å². The zero-order valence-corrected chi connectivity index (χ0v) is 14.6. The van der Waals surface area contributed by atoms with E-state index < -0.39 is 22.8 Å². The van der Waals surface area contributed by atoms with Crippen molar-refractivity contribution in [2.24, 2.45) is 0 Å². The van der Waals surface area contributed by atoms with Crippen LogP contribution in [0.1, 0.15) is 5.56 Å². The average molecular weight is 417 g/mol. The molecule has 0 aliphatic heterocycles. The fourth-order valence-electron chi connectivity index (χ4n) is 2.20. The van der Waals surface area contributed by atoms with E-state index >= 15 is 0 Å². The number of tetrazole rings is 1. The van der Waals surface area contributed by atoms with Gasteiger partial charge in [0, 0.05) is 16.3 Å². The summed E-state index contributed by atoms with van der Waals surface area (Å²) >= 11 is 11.5. The molecule has 27 heavy (non-hydrogen) atoms. The van der Waals surface area contributed by atoms with Crippen molar-refractivity contribution < 1.29 is 18.0 Å². The first-order chi connectivity index (χ1) is 12.7. The molecule has 1 aromatic heterocycles. The van der Waals surface area contributed by atoms with Gasteiger partial charge in [-0.2, -0.15) is 13.2 Å². The lowest BCUT2D eigenvalue weighted by Gasteiger charge is -2.13. The minimum Gasteiger partial charge on any atom is -0.308 e. The number of benzene rings is 2. The summed E-state index contributed by atoms with van der Waals surface area (Å²) in [4.78, 5) is 12.2. The Morgan fingerprint density at radius 1 is 1.07 bits per heavy atom. The monoisotopic (exact) mass is 416 g/mol. The molecule has 0 aliphatic carbocycles. The molecule has 0 aliphatic rings. The van der Waals surface area contributed by atoms with Gasteiger partial charge in [0.05, 0.1) is 16.3 Å². The van der Waals surface area contributed by atoms with E-state index in [1.165, 1.54) is 12.1 Å². The van der Waals surface area contributed by atoms with Crippen molar-refractivity contribution >= 4 is 40.6 Å². The third kappa shape index (κ3) is 4.47. The number of amides is 2. The van der Waals surface area contributed by atoms with E-state index in [0.717, 1.165) is 12.1 Å². The molecule has 0 radical (unpaired) electrons. The predicted octanol–water partition coefficient (Wildman–Crippen LogP) is 4.84. The smallest absolute Gasteiger partial charge is 0.308 e. The van der Waals surface area contributed by atoms with Gasteiger partial charge < -0.3 is 10.6 Å². The predicted molar refractivity (Wildman–Crippen MR) is 93.7 cm³/mol. The fourth-order valence-corrected chi connectivity index (χ4v) is 2.60. The minimum absolute atomic E-state index is 0.0888. The first-order valence-corrected chi connectivity index (χ1v) is 7.98. The zero-order chi connectivity index (χ0) is 19.6. The van der Waals surface area contributed by atoms with Gasteiger partial charge >= 0.3 is 12.2 Å². The normalized spacial score (nSPS) is 11.3. The molecule has 0 saturated carbocycles.